The van der Waals surface area contributed by atoms with Gasteiger partial charge in [0.2, 0.25) is 5.91 Å². The summed E-state index contributed by atoms with van der Waals surface area (Å²) in [5.41, 5.74) is 1.63. The largest absolute Gasteiger partial charge is 0.390 e. The average Bonchev–Trinajstić information content (AvgIpc) is 3.18. The molecule has 2 heterocycles. The fraction of sp³-hybridized carbons (Fsp3) is 0.600. The van der Waals surface area contributed by atoms with Crippen molar-refractivity contribution in [2.45, 2.75) is 31.4 Å². The van der Waals surface area contributed by atoms with E-state index in [0.29, 0.717) is 31.6 Å². The zero-order valence-electron chi connectivity index (χ0n) is 16.2. The number of likely N-dealkylation sites (N-methyl/N-ethyl adjacent to an activating group) is 1. The summed E-state index contributed by atoms with van der Waals surface area (Å²) < 4.78 is 0. The van der Waals surface area contributed by atoms with Gasteiger partial charge in [-0.3, -0.25) is 14.5 Å². The summed E-state index contributed by atoms with van der Waals surface area (Å²) in [4.78, 5) is 30.5. The van der Waals surface area contributed by atoms with E-state index in [1.165, 1.54) is 0 Å². The first-order valence-electron chi connectivity index (χ1n) is 9.71. The van der Waals surface area contributed by atoms with Gasteiger partial charge in [0.05, 0.1) is 24.3 Å². The first-order valence-corrected chi connectivity index (χ1v) is 9.71. The molecule has 0 spiro atoms. The SMILES string of the molecule is CN(C)C(=O)CN1CC[C@H](NC(=O)c2ccccc2N2CCCC2)[C@@H](O)C1. The van der Waals surface area contributed by atoms with Gasteiger partial charge in [0.1, 0.15) is 0 Å². The van der Waals surface area contributed by atoms with Crippen molar-refractivity contribution in [1.82, 2.24) is 15.1 Å². The van der Waals surface area contributed by atoms with Crippen molar-refractivity contribution < 1.29 is 14.7 Å². The Labute approximate surface area is 160 Å². The second-order valence-electron chi connectivity index (χ2n) is 7.67. The van der Waals surface area contributed by atoms with Gasteiger partial charge in [-0.25, -0.2) is 0 Å². The Morgan fingerprint density at radius 2 is 1.89 bits per heavy atom. The maximum atomic E-state index is 12.9. The van der Waals surface area contributed by atoms with Gasteiger partial charge in [-0.1, -0.05) is 12.1 Å². The van der Waals surface area contributed by atoms with E-state index in [2.05, 4.69) is 10.2 Å². The second kappa shape index (κ2) is 8.71. The molecule has 0 aromatic heterocycles. The smallest absolute Gasteiger partial charge is 0.253 e. The Bertz CT molecular complexity index is 673. The maximum Gasteiger partial charge on any atom is 0.253 e. The van der Waals surface area contributed by atoms with E-state index in [0.717, 1.165) is 31.6 Å². The van der Waals surface area contributed by atoms with Crippen LogP contribution in [0, 0.1) is 0 Å². The van der Waals surface area contributed by atoms with Crippen molar-refractivity contribution >= 4 is 17.5 Å². The van der Waals surface area contributed by atoms with E-state index in [1.54, 1.807) is 19.0 Å². The molecular formula is C20H30N4O3. The summed E-state index contributed by atoms with van der Waals surface area (Å²) in [6.45, 7) is 3.31. The van der Waals surface area contributed by atoms with Crippen LogP contribution in [-0.2, 0) is 4.79 Å². The van der Waals surface area contributed by atoms with Crippen LogP contribution >= 0.6 is 0 Å². The zero-order valence-corrected chi connectivity index (χ0v) is 16.2. The van der Waals surface area contributed by atoms with Crippen LogP contribution in [0.15, 0.2) is 24.3 Å². The molecule has 2 aliphatic heterocycles. The number of carbonyl (C=O) groups excluding carboxylic acids is 2. The van der Waals surface area contributed by atoms with Crippen molar-refractivity contribution in [1.29, 1.82) is 0 Å². The maximum absolute atomic E-state index is 12.9. The number of rotatable bonds is 5. The fourth-order valence-electron chi connectivity index (χ4n) is 3.79. The lowest BCUT2D eigenvalue weighted by molar-refractivity contribution is -0.130. The minimum atomic E-state index is -0.684. The first-order chi connectivity index (χ1) is 13.0. The summed E-state index contributed by atoms with van der Waals surface area (Å²) in [6.07, 6.45) is 2.24. The van der Waals surface area contributed by atoms with Crippen LogP contribution in [0.4, 0.5) is 5.69 Å². The Kier molecular flexibility index (Phi) is 6.34. The molecule has 27 heavy (non-hydrogen) atoms. The predicted octanol–water partition coefficient (Wildman–Crippen LogP) is 0.540. The number of amides is 2. The number of β-amino-alcohol motifs (C(OH)–C–C–N with tert-alkyl or cyclic N) is 1. The molecule has 0 saturated carbocycles. The molecule has 7 heteroatoms. The lowest BCUT2D eigenvalue weighted by atomic mass is 10.0. The number of piperidine rings is 1. The number of anilines is 1. The molecule has 3 rings (SSSR count). The Balaban J connectivity index is 1.60. The Morgan fingerprint density at radius 3 is 2.56 bits per heavy atom. The highest BCUT2D eigenvalue weighted by molar-refractivity contribution is 6.00. The molecule has 7 nitrogen and oxygen atoms in total. The summed E-state index contributed by atoms with van der Waals surface area (Å²) in [5.74, 6) is -0.122. The number of carbonyl (C=O) groups is 2. The van der Waals surface area contributed by atoms with E-state index in [1.807, 2.05) is 29.2 Å². The van der Waals surface area contributed by atoms with Crippen molar-refractivity contribution in [2.75, 3.05) is 51.7 Å². The minimum absolute atomic E-state index is 0.0178. The van der Waals surface area contributed by atoms with Gasteiger partial charge in [-0.2, -0.15) is 0 Å². The Hall–Kier alpha value is -2.12. The van der Waals surface area contributed by atoms with Crippen LogP contribution in [0.2, 0.25) is 0 Å². The standard InChI is InChI=1S/C20H30N4O3/c1-22(2)19(26)14-23-12-9-16(18(25)13-23)21-20(27)15-7-3-4-8-17(15)24-10-5-6-11-24/h3-4,7-8,16,18,25H,5-6,9-14H2,1-2H3,(H,21,27)/t16-,18-/m0/s1. The highest BCUT2D eigenvalue weighted by Crippen LogP contribution is 2.25. The van der Waals surface area contributed by atoms with E-state index < -0.39 is 6.10 Å². The molecule has 0 unspecified atom stereocenters. The number of hydrogen-bond acceptors (Lipinski definition) is 5. The van der Waals surface area contributed by atoms with Crippen LogP contribution in [-0.4, -0.2) is 85.7 Å². The summed E-state index contributed by atoms with van der Waals surface area (Å²) in [6, 6.07) is 7.38. The van der Waals surface area contributed by atoms with Crippen LogP contribution in [0.1, 0.15) is 29.6 Å². The molecule has 148 valence electrons. The minimum Gasteiger partial charge on any atom is -0.390 e. The van der Waals surface area contributed by atoms with Crippen LogP contribution in [0.25, 0.3) is 0 Å². The molecule has 0 radical (unpaired) electrons. The van der Waals surface area contributed by atoms with Gasteiger partial charge < -0.3 is 20.2 Å². The molecule has 2 fully saturated rings. The molecule has 1 aromatic rings. The number of aliphatic hydroxyl groups is 1. The number of nitrogens with zero attached hydrogens (tertiary/aromatic N) is 3. The second-order valence-corrected chi connectivity index (χ2v) is 7.67. The highest BCUT2D eigenvalue weighted by atomic mass is 16.3. The molecular weight excluding hydrogens is 344 g/mol. The third kappa shape index (κ3) is 4.78. The third-order valence-electron chi connectivity index (χ3n) is 5.44. The number of para-hydroxylation sites is 1. The van der Waals surface area contributed by atoms with Crippen LogP contribution in [0.3, 0.4) is 0 Å². The molecule has 2 N–H and O–H groups in total. The van der Waals surface area contributed by atoms with Crippen LogP contribution in [0.5, 0.6) is 0 Å². The van der Waals surface area contributed by atoms with Gasteiger partial charge >= 0.3 is 0 Å². The van der Waals surface area contributed by atoms with Crippen molar-refractivity contribution in [3.63, 3.8) is 0 Å². The molecule has 2 saturated heterocycles. The van der Waals surface area contributed by atoms with Gasteiger partial charge in [0.25, 0.3) is 5.91 Å². The highest BCUT2D eigenvalue weighted by Gasteiger charge is 2.31. The van der Waals surface area contributed by atoms with Gasteiger partial charge in [0.15, 0.2) is 0 Å². The van der Waals surface area contributed by atoms with E-state index in [-0.39, 0.29) is 17.9 Å². The van der Waals surface area contributed by atoms with Crippen molar-refractivity contribution in [3.05, 3.63) is 29.8 Å². The molecule has 0 bridgehead atoms. The van der Waals surface area contributed by atoms with Crippen molar-refractivity contribution in [2.24, 2.45) is 0 Å². The molecule has 2 aliphatic rings. The number of benzene rings is 1. The average molecular weight is 374 g/mol. The zero-order chi connectivity index (χ0) is 19.4. The first kappa shape index (κ1) is 19.6. The van der Waals surface area contributed by atoms with Gasteiger partial charge in [-0.15, -0.1) is 0 Å². The van der Waals surface area contributed by atoms with E-state index in [4.69, 9.17) is 0 Å². The van der Waals surface area contributed by atoms with Crippen LogP contribution < -0.4 is 10.2 Å². The molecule has 2 atom stereocenters. The number of aliphatic hydroxyl groups excluding tert-OH is 1. The number of hydrogen-bond donors (Lipinski definition) is 2. The number of likely N-dealkylation sites (tertiary alicyclic amines) is 1. The normalized spacial score (nSPS) is 23.3. The van der Waals surface area contributed by atoms with E-state index in [9.17, 15) is 14.7 Å². The Morgan fingerprint density at radius 1 is 1.19 bits per heavy atom. The molecule has 2 amide bonds. The topological polar surface area (TPSA) is 76.1 Å². The monoisotopic (exact) mass is 374 g/mol. The summed E-state index contributed by atoms with van der Waals surface area (Å²) in [5, 5.41) is 13.5. The molecule has 1 aromatic carbocycles. The van der Waals surface area contributed by atoms with Gasteiger partial charge in [0, 0.05) is 46.0 Å². The molecule has 0 aliphatic carbocycles. The van der Waals surface area contributed by atoms with Gasteiger partial charge in [-0.05, 0) is 31.4 Å². The predicted molar refractivity (Wildman–Crippen MR) is 105 cm³/mol. The summed E-state index contributed by atoms with van der Waals surface area (Å²) >= 11 is 0. The lowest BCUT2D eigenvalue weighted by Crippen LogP contribution is -2.55. The van der Waals surface area contributed by atoms with E-state index >= 15 is 0 Å². The lowest BCUT2D eigenvalue weighted by Gasteiger charge is -2.36. The quantitative estimate of drug-likeness (QED) is 0.787. The van der Waals surface area contributed by atoms with Crippen molar-refractivity contribution in [3.8, 4) is 0 Å². The third-order valence-corrected chi connectivity index (χ3v) is 5.44. The fourth-order valence-corrected chi connectivity index (χ4v) is 3.79. The summed E-state index contributed by atoms with van der Waals surface area (Å²) in [7, 11) is 3.45. The number of nitrogens with one attached hydrogen (secondary N) is 1.